The van der Waals surface area contributed by atoms with Gasteiger partial charge in [0.25, 0.3) is 0 Å². The Labute approximate surface area is 198 Å². The SMILES string of the molecule is CC12CCC3C(CCC4(O)CC(OC(=O)CCl)CCC34C=O)C1(O)CCC2C1=CC(=O)OC1. The van der Waals surface area contributed by atoms with Crippen molar-refractivity contribution in [3.05, 3.63) is 11.6 Å². The molecule has 7 nitrogen and oxygen atoms in total. The molecule has 33 heavy (non-hydrogen) atoms. The minimum atomic E-state index is -1.26. The number of carbonyl (C=O) groups excluding carboxylic acids is 3. The summed E-state index contributed by atoms with van der Waals surface area (Å²) in [5.74, 6) is -1.22. The summed E-state index contributed by atoms with van der Waals surface area (Å²) in [6.45, 7) is 2.42. The zero-order valence-electron chi connectivity index (χ0n) is 19.1. The summed E-state index contributed by atoms with van der Waals surface area (Å²) in [5.41, 5.74) is -2.62. The van der Waals surface area contributed by atoms with Crippen LogP contribution >= 0.6 is 11.6 Å². The Kier molecular flexibility index (Phi) is 5.50. The molecule has 8 heteroatoms. The van der Waals surface area contributed by atoms with E-state index in [1.165, 1.54) is 0 Å². The van der Waals surface area contributed by atoms with E-state index in [0.29, 0.717) is 38.7 Å². The fourth-order valence-electron chi connectivity index (χ4n) is 8.64. The highest BCUT2D eigenvalue weighted by atomic mass is 35.5. The molecule has 8 unspecified atom stereocenters. The number of esters is 2. The third kappa shape index (κ3) is 3.11. The maximum Gasteiger partial charge on any atom is 0.331 e. The van der Waals surface area contributed by atoms with Crippen LogP contribution in [0.5, 0.6) is 0 Å². The van der Waals surface area contributed by atoms with Crippen molar-refractivity contribution in [3.8, 4) is 0 Å². The molecule has 0 aromatic rings. The molecule has 4 saturated carbocycles. The summed E-state index contributed by atoms with van der Waals surface area (Å²) in [6.07, 6.45) is 7.07. The lowest BCUT2D eigenvalue weighted by atomic mass is 9.41. The van der Waals surface area contributed by atoms with Gasteiger partial charge in [-0.25, -0.2) is 4.79 Å². The monoisotopic (exact) mass is 480 g/mol. The smallest absolute Gasteiger partial charge is 0.331 e. The maximum absolute atomic E-state index is 12.7. The quantitative estimate of drug-likeness (QED) is 0.361. The van der Waals surface area contributed by atoms with Crippen molar-refractivity contribution in [3.63, 3.8) is 0 Å². The summed E-state index contributed by atoms with van der Waals surface area (Å²) in [5, 5.41) is 24.0. The highest BCUT2D eigenvalue weighted by Gasteiger charge is 2.71. The average molecular weight is 481 g/mol. The number of fused-ring (bicyclic) bond motifs is 5. The number of cyclic esters (lactones) is 1. The van der Waals surface area contributed by atoms with E-state index in [2.05, 4.69) is 6.92 Å². The second-order valence-corrected chi connectivity index (χ2v) is 11.5. The van der Waals surface area contributed by atoms with Gasteiger partial charge in [0, 0.05) is 17.9 Å². The standard InChI is InChI=1S/C25H33ClO7/c1-22-6-3-18-19(25(22,31)9-5-17(22)15-10-20(28)32-13-15)4-8-24(30)11-16(33-21(29)12-26)2-7-23(18,24)14-27/h10,14,16-19,30-31H,2-9,11-13H2,1H3. The van der Waals surface area contributed by atoms with Gasteiger partial charge in [-0.1, -0.05) is 6.92 Å². The van der Waals surface area contributed by atoms with Crippen molar-refractivity contribution >= 4 is 29.8 Å². The summed E-state index contributed by atoms with van der Waals surface area (Å²) < 4.78 is 10.6. The van der Waals surface area contributed by atoms with Crippen molar-refractivity contribution < 1.29 is 34.1 Å². The van der Waals surface area contributed by atoms with Gasteiger partial charge in [-0.2, -0.15) is 0 Å². The Hall–Kier alpha value is -1.44. The minimum absolute atomic E-state index is 0.0774. The Morgan fingerprint density at radius 1 is 1.18 bits per heavy atom. The molecule has 0 bridgehead atoms. The number of alkyl halides is 1. The Balaban J connectivity index is 1.44. The molecule has 0 radical (unpaired) electrons. The van der Waals surface area contributed by atoms with Crippen LogP contribution in [0.4, 0.5) is 0 Å². The van der Waals surface area contributed by atoms with Crippen LogP contribution in [0.25, 0.3) is 0 Å². The number of ether oxygens (including phenoxy) is 2. The molecule has 2 N–H and O–H groups in total. The molecule has 1 aliphatic heterocycles. The van der Waals surface area contributed by atoms with Crippen LogP contribution in [-0.2, 0) is 23.9 Å². The van der Waals surface area contributed by atoms with Gasteiger partial charge >= 0.3 is 11.9 Å². The summed E-state index contributed by atoms with van der Waals surface area (Å²) >= 11 is 5.58. The average Bonchev–Trinajstić information content (AvgIpc) is 3.33. The highest BCUT2D eigenvalue weighted by molar-refractivity contribution is 6.26. The van der Waals surface area contributed by atoms with Crippen LogP contribution in [0.3, 0.4) is 0 Å². The molecule has 182 valence electrons. The molecule has 0 spiro atoms. The van der Waals surface area contributed by atoms with Crippen LogP contribution in [0.15, 0.2) is 11.6 Å². The lowest BCUT2D eigenvalue weighted by Crippen LogP contribution is -2.69. The fraction of sp³-hybridized carbons (Fsp3) is 0.800. The largest absolute Gasteiger partial charge is 0.461 e. The number of carbonyl (C=O) groups is 3. The van der Waals surface area contributed by atoms with Crippen molar-refractivity contribution in [1.82, 2.24) is 0 Å². The van der Waals surface area contributed by atoms with Gasteiger partial charge in [0.05, 0.1) is 16.6 Å². The van der Waals surface area contributed by atoms with Gasteiger partial charge in [0.15, 0.2) is 0 Å². The molecule has 0 amide bonds. The van der Waals surface area contributed by atoms with Crippen molar-refractivity contribution in [1.29, 1.82) is 0 Å². The van der Waals surface area contributed by atoms with Gasteiger partial charge in [-0.3, -0.25) is 4.79 Å². The van der Waals surface area contributed by atoms with E-state index in [9.17, 15) is 24.6 Å². The third-order valence-electron chi connectivity index (χ3n) is 10.2. The first kappa shape index (κ1) is 23.3. The lowest BCUT2D eigenvalue weighted by molar-refractivity contribution is -0.249. The van der Waals surface area contributed by atoms with Gasteiger partial charge in [0.1, 0.15) is 24.9 Å². The zero-order valence-corrected chi connectivity index (χ0v) is 19.8. The molecule has 5 aliphatic rings. The van der Waals surface area contributed by atoms with Gasteiger partial charge in [-0.05, 0) is 74.7 Å². The Bertz CT molecular complexity index is 903. The van der Waals surface area contributed by atoms with Crippen LogP contribution < -0.4 is 0 Å². The molecular formula is C25H33ClO7. The van der Waals surface area contributed by atoms with E-state index in [4.69, 9.17) is 21.1 Å². The predicted octanol–water partition coefficient (Wildman–Crippen LogP) is 2.69. The highest BCUT2D eigenvalue weighted by Crippen LogP contribution is 2.70. The van der Waals surface area contributed by atoms with Crippen molar-refractivity contribution in [2.75, 3.05) is 12.5 Å². The van der Waals surface area contributed by atoms with Crippen LogP contribution in [0.1, 0.15) is 64.7 Å². The number of aliphatic hydroxyl groups is 2. The molecular weight excluding hydrogens is 448 g/mol. The topological polar surface area (TPSA) is 110 Å². The lowest BCUT2D eigenvalue weighted by Gasteiger charge is -2.65. The summed E-state index contributed by atoms with van der Waals surface area (Å²) in [6, 6.07) is 0. The number of aldehydes is 1. The van der Waals surface area contributed by atoms with Crippen molar-refractivity contribution in [2.24, 2.45) is 28.6 Å². The molecule has 5 rings (SSSR count). The third-order valence-corrected chi connectivity index (χ3v) is 10.5. The van der Waals surface area contributed by atoms with Gasteiger partial charge in [-0.15, -0.1) is 11.6 Å². The first-order valence-corrected chi connectivity index (χ1v) is 12.7. The number of hydrogen-bond donors (Lipinski definition) is 2. The molecule has 4 aliphatic carbocycles. The van der Waals surface area contributed by atoms with Gasteiger partial charge in [0.2, 0.25) is 0 Å². The van der Waals surface area contributed by atoms with E-state index in [-0.39, 0.29) is 36.0 Å². The maximum atomic E-state index is 12.7. The fourth-order valence-corrected chi connectivity index (χ4v) is 8.70. The Morgan fingerprint density at radius 2 is 1.94 bits per heavy atom. The van der Waals surface area contributed by atoms with E-state index < -0.39 is 34.1 Å². The molecule has 4 fully saturated rings. The normalized spacial score (nSPS) is 48.7. The molecule has 8 atom stereocenters. The minimum Gasteiger partial charge on any atom is -0.461 e. The summed E-state index contributed by atoms with van der Waals surface area (Å²) in [7, 11) is 0. The van der Waals surface area contributed by atoms with Crippen molar-refractivity contribution in [2.45, 2.75) is 82.0 Å². The Morgan fingerprint density at radius 3 is 2.61 bits per heavy atom. The summed E-state index contributed by atoms with van der Waals surface area (Å²) in [4.78, 5) is 36.1. The van der Waals surface area contributed by atoms with E-state index in [1.54, 1.807) is 6.08 Å². The van der Waals surface area contributed by atoms with Crippen LogP contribution in [0, 0.1) is 28.6 Å². The molecule has 0 aromatic carbocycles. The van der Waals surface area contributed by atoms with Crippen LogP contribution in [0.2, 0.25) is 0 Å². The molecule has 0 saturated heterocycles. The zero-order chi connectivity index (χ0) is 23.6. The number of halogens is 1. The number of rotatable bonds is 4. The second kappa shape index (κ2) is 7.79. The predicted molar refractivity (Wildman–Crippen MR) is 118 cm³/mol. The van der Waals surface area contributed by atoms with E-state index in [0.717, 1.165) is 31.1 Å². The number of hydrogen-bond acceptors (Lipinski definition) is 7. The second-order valence-electron chi connectivity index (χ2n) is 11.2. The van der Waals surface area contributed by atoms with Gasteiger partial charge < -0.3 is 24.5 Å². The van der Waals surface area contributed by atoms with E-state index in [1.807, 2.05) is 0 Å². The molecule has 1 heterocycles. The van der Waals surface area contributed by atoms with Crippen LogP contribution in [-0.4, -0.2) is 58.2 Å². The molecule has 0 aromatic heterocycles. The first-order valence-electron chi connectivity index (χ1n) is 12.2. The van der Waals surface area contributed by atoms with E-state index >= 15 is 0 Å². The first-order chi connectivity index (χ1) is 15.6.